The number of ether oxygens (including phenoxy) is 2. The van der Waals surface area contributed by atoms with Gasteiger partial charge in [0, 0.05) is 6.54 Å². The average Bonchev–Trinajstić information content (AvgIpc) is 2.88. The number of nitrogens with zero attached hydrogens (tertiary/aromatic N) is 1. The first-order valence-electron chi connectivity index (χ1n) is 5.03. The zero-order chi connectivity index (χ0) is 10.3. The maximum Gasteiger partial charge on any atom is 0.161 e. The minimum Gasteiger partial charge on any atom is -0.486 e. The molecule has 0 spiro atoms. The van der Waals surface area contributed by atoms with Crippen molar-refractivity contribution in [2.24, 2.45) is 4.99 Å². The molecule has 0 aromatic heterocycles. The highest BCUT2D eigenvalue weighted by Crippen LogP contribution is 2.28. The van der Waals surface area contributed by atoms with Gasteiger partial charge in [0.1, 0.15) is 13.2 Å². The third kappa shape index (κ3) is 2.87. The molecule has 4 nitrogen and oxygen atoms in total. The molecule has 0 radical (unpaired) electrons. The van der Waals surface area contributed by atoms with Crippen LogP contribution < -0.4 is 14.8 Å². The number of aliphatic imine (C=N–C) groups is 1. The van der Waals surface area contributed by atoms with E-state index in [1.54, 1.807) is 6.34 Å². The third-order valence-electron chi connectivity index (χ3n) is 2.02. The molecule has 15 heavy (non-hydrogen) atoms. The molecule has 1 aromatic rings. The molecule has 0 unspecified atom stereocenters. The number of rotatable bonds is 0. The first-order valence-corrected chi connectivity index (χ1v) is 5.03. The van der Waals surface area contributed by atoms with Gasteiger partial charge >= 0.3 is 0 Å². The summed E-state index contributed by atoms with van der Waals surface area (Å²) in [6.07, 6.45) is 1.74. The fourth-order valence-electron chi connectivity index (χ4n) is 1.31. The van der Waals surface area contributed by atoms with E-state index in [0.717, 1.165) is 24.6 Å². The molecule has 4 heteroatoms. The van der Waals surface area contributed by atoms with Crippen molar-refractivity contribution in [3.8, 4) is 11.5 Å². The van der Waals surface area contributed by atoms with E-state index in [0.29, 0.717) is 13.2 Å². The van der Waals surface area contributed by atoms with Crippen LogP contribution in [0.4, 0.5) is 0 Å². The molecule has 2 aliphatic rings. The fraction of sp³-hybridized carbons (Fsp3) is 0.364. The van der Waals surface area contributed by atoms with Crippen LogP contribution in [0.5, 0.6) is 11.5 Å². The molecule has 3 rings (SSSR count). The van der Waals surface area contributed by atoms with E-state index in [2.05, 4.69) is 10.3 Å². The Bertz CT molecular complexity index is 308. The molecule has 1 aromatic carbocycles. The minimum absolute atomic E-state index is 0.664. The van der Waals surface area contributed by atoms with Crippen LogP contribution in [0.2, 0.25) is 0 Å². The Hall–Kier alpha value is -1.71. The van der Waals surface area contributed by atoms with Crippen molar-refractivity contribution in [1.82, 2.24) is 5.32 Å². The summed E-state index contributed by atoms with van der Waals surface area (Å²) in [6.45, 7) is 3.31. The SMILES string of the molecule is C1=NCCN1.c1ccc2c(c1)OCCO2. The summed E-state index contributed by atoms with van der Waals surface area (Å²) in [6, 6.07) is 7.70. The molecule has 0 atom stereocenters. The summed E-state index contributed by atoms with van der Waals surface area (Å²) in [7, 11) is 0. The Kier molecular flexibility index (Phi) is 3.43. The lowest BCUT2D eigenvalue weighted by Crippen LogP contribution is -2.14. The van der Waals surface area contributed by atoms with Crippen LogP contribution in [-0.2, 0) is 0 Å². The van der Waals surface area contributed by atoms with E-state index in [-0.39, 0.29) is 0 Å². The van der Waals surface area contributed by atoms with E-state index in [1.807, 2.05) is 24.3 Å². The first-order chi connectivity index (χ1) is 7.47. The maximum atomic E-state index is 5.30. The number of fused-ring (bicyclic) bond motifs is 1. The first kappa shape index (κ1) is 9.83. The van der Waals surface area contributed by atoms with Crippen molar-refractivity contribution in [2.45, 2.75) is 0 Å². The molecule has 0 fully saturated rings. The molecule has 0 aliphatic carbocycles. The second kappa shape index (κ2) is 5.24. The molecule has 0 amide bonds. The van der Waals surface area contributed by atoms with Gasteiger partial charge in [0.05, 0.1) is 12.9 Å². The summed E-state index contributed by atoms with van der Waals surface area (Å²) in [4.78, 5) is 3.85. The van der Waals surface area contributed by atoms with Gasteiger partial charge in [-0.25, -0.2) is 0 Å². The molecule has 0 saturated heterocycles. The minimum atomic E-state index is 0.664. The van der Waals surface area contributed by atoms with Crippen molar-refractivity contribution in [3.05, 3.63) is 24.3 Å². The van der Waals surface area contributed by atoms with Crippen molar-refractivity contribution in [2.75, 3.05) is 26.3 Å². The van der Waals surface area contributed by atoms with Crippen molar-refractivity contribution in [1.29, 1.82) is 0 Å². The number of hydrogen-bond donors (Lipinski definition) is 1. The molecule has 0 bridgehead atoms. The molecule has 1 N–H and O–H groups in total. The highest BCUT2D eigenvalue weighted by Gasteiger charge is 2.07. The monoisotopic (exact) mass is 206 g/mol. The molecule has 2 aliphatic heterocycles. The summed E-state index contributed by atoms with van der Waals surface area (Å²) in [5.74, 6) is 1.71. The van der Waals surface area contributed by atoms with E-state index >= 15 is 0 Å². The molecule has 2 heterocycles. The lowest BCUT2D eigenvalue weighted by molar-refractivity contribution is 0.171. The van der Waals surface area contributed by atoms with Crippen molar-refractivity contribution in [3.63, 3.8) is 0 Å². The second-order valence-corrected chi connectivity index (χ2v) is 3.13. The van der Waals surface area contributed by atoms with Gasteiger partial charge in [0.15, 0.2) is 11.5 Å². The Balaban J connectivity index is 0.000000144. The maximum absolute atomic E-state index is 5.30. The lowest BCUT2D eigenvalue weighted by Gasteiger charge is -2.17. The van der Waals surface area contributed by atoms with Crippen LogP contribution in [0.25, 0.3) is 0 Å². The van der Waals surface area contributed by atoms with Gasteiger partial charge in [-0.3, -0.25) is 4.99 Å². The highest BCUT2D eigenvalue weighted by atomic mass is 16.6. The number of para-hydroxylation sites is 2. The van der Waals surface area contributed by atoms with Crippen LogP contribution >= 0.6 is 0 Å². The van der Waals surface area contributed by atoms with Gasteiger partial charge in [-0.05, 0) is 12.1 Å². The van der Waals surface area contributed by atoms with Crippen LogP contribution in [0.3, 0.4) is 0 Å². The van der Waals surface area contributed by atoms with E-state index in [1.165, 1.54) is 0 Å². The van der Waals surface area contributed by atoms with E-state index in [9.17, 15) is 0 Å². The Morgan fingerprint density at radius 3 is 2.13 bits per heavy atom. The van der Waals surface area contributed by atoms with Crippen molar-refractivity contribution >= 4 is 6.34 Å². The van der Waals surface area contributed by atoms with Gasteiger partial charge in [-0.2, -0.15) is 0 Å². The van der Waals surface area contributed by atoms with Crippen molar-refractivity contribution < 1.29 is 9.47 Å². The zero-order valence-corrected chi connectivity index (χ0v) is 8.48. The molecular weight excluding hydrogens is 192 g/mol. The summed E-state index contributed by atoms with van der Waals surface area (Å²) >= 11 is 0. The third-order valence-corrected chi connectivity index (χ3v) is 2.02. The normalized spacial score (nSPS) is 16.3. The van der Waals surface area contributed by atoms with Gasteiger partial charge in [-0.15, -0.1) is 0 Å². The standard InChI is InChI=1S/C8H8O2.C3H6N2/c1-2-4-8-7(3-1)9-5-6-10-8;1-2-5-3-4-1/h1-4H,5-6H2;3H,1-2H2,(H,4,5). The van der Waals surface area contributed by atoms with Gasteiger partial charge in [0.25, 0.3) is 0 Å². The van der Waals surface area contributed by atoms with Crippen LogP contribution in [0.15, 0.2) is 29.3 Å². The predicted octanol–water partition coefficient (Wildman–Crippen LogP) is 1.08. The molecule has 0 saturated carbocycles. The average molecular weight is 206 g/mol. The van der Waals surface area contributed by atoms with Crippen LogP contribution in [0, 0.1) is 0 Å². The largest absolute Gasteiger partial charge is 0.486 e. The topological polar surface area (TPSA) is 42.9 Å². The number of nitrogens with one attached hydrogen (secondary N) is 1. The predicted molar refractivity (Wildman–Crippen MR) is 58.8 cm³/mol. The summed E-state index contributed by atoms with van der Waals surface area (Å²) in [5, 5.41) is 2.93. The number of hydrogen-bond acceptors (Lipinski definition) is 4. The molecular formula is C11H14N2O2. The Morgan fingerprint density at radius 2 is 1.73 bits per heavy atom. The quantitative estimate of drug-likeness (QED) is 0.690. The summed E-state index contributed by atoms with van der Waals surface area (Å²) < 4.78 is 10.6. The smallest absolute Gasteiger partial charge is 0.161 e. The Morgan fingerprint density at radius 1 is 1.07 bits per heavy atom. The Labute approximate surface area is 88.9 Å². The van der Waals surface area contributed by atoms with E-state index in [4.69, 9.17) is 9.47 Å². The second-order valence-electron chi connectivity index (χ2n) is 3.13. The summed E-state index contributed by atoms with van der Waals surface area (Å²) in [5.41, 5.74) is 0. The van der Waals surface area contributed by atoms with Crippen LogP contribution in [-0.4, -0.2) is 32.6 Å². The van der Waals surface area contributed by atoms with Gasteiger partial charge in [-0.1, -0.05) is 12.1 Å². The van der Waals surface area contributed by atoms with Gasteiger partial charge in [0.2, 0.25) is 0 Å². The molecule has 80 valence electrons. The van der Waals surface area contributed by atoms with E-state index < -0.39 is 0 Å². The van der Waals surface area contributed by atoms with Crippen LogP contribution in [0.1, 0.15) is 0 Å². The lowest BCUT2D eigenvalue weighted by atomic mass is 10.3. The fourth-order valence-corrected chi connectivity index (χ4v) is 1.31. The zero-order valence-electron chi connectivity index (χ0n) is 8.48. The van der Waals surface area contributed by atoms with Gasteiger partial charge < -0.3 is 14.8 Å². The number of benzene rings is 1. The highest BCUT2D eigenvalue weighted by molar-refractivity contribution is 5.56.